The molecule has 0 radical (unpaired) electrons. The third-order valence-electron chi connectivity index (χ3n) is 3.54. The lowest BCUT2D eigenvalue weighted by Crippen LogP contribution is -2.32. The van der Waals surface area contributed by atoms with Crippen molar-refractivity contribution >= 4 is 5.82 Å². The van der Waals surface area contributed by atoms with Crippen LogP contribution in [0.5, 0.6) is 0 Å². The van der Waals surface area contributed by atoms with Gasteiger partial charge < -0.3 is 10.0 Å². The molecule has 0 saturated heterocycles. The molecule has 6 nitrogen and oxygen atoms in total. The van der Waals surface area contributed by atoms with Crippen LogP contribution in [0.25, 0.3) is 0 Å². The second-order valence-corrected chi connectivity index (χ2v) is 5.28. The van der Waals surface area contributed by atoms with Crippen molar-refractivity contribution in [1.29, 1.82) is 0 Å². The molecule has 3 heterocycles. The molecule has 9 heteroatoms. The third kappa shape index (κ3) is 3.24. The molecule has 2 aromatic rings. The lowest BCUT2D eigenvalue weighted by molar-refractivity contribution is -0.145. The lowest BCUT2D eigenvalue weighted by Gasteiger charge is -2.29. The standard InChI is InChI=1S/C14H14F3N5O/c1-8(23)12-18-4-2-11(21-12)22-5-3-10-9(7-22)6-19-13(20-10)14(15,16)17/h2,4,6,8,23H,3,5,7H2,1H3/t8-/m1/s1. The van der Waals surface area contributed by atoms with E-state index in [4.69, 9.17) is 0 Å². The van der Waals surface area contributed by atoms with E-state index in [1.807, 2.05) is 4.90 Å². The number of hydrogen-bond acceptors (Lipinski definition) is 6. The van der Waals surface area contributed by atoms with Gasteiger partial charge in [-0.2, -0.15) is 13.2 Å². The number of fused-ring (bicyclic) bond motifs is 1. The number of aliphatic hydroxyl groups excluding tert-OH is 1. The van der Waals surface area contributed by atoms with E-state index in [1.165, 1.54) is 6.20 Å². The van der Waals surface area contributed by atoms with Gasteiger partial charge >= 0.3 is 6.18 Å². The molecule has 1 aliphatic heterocycles. The zero-order valence-corrected chi connectivity index (χ0v) is 12.2. The molecule has 1 N–H and O–H groups in total. The molecule has 0 spiro atoms. The summed E-state index contributed by atoms with van der Waals surface area (Å²) in [6.45, 7) is 2.42. The minimum Gasteiger partial charge on any atom is -0.385 e. The highest BCUT2D eigenvalue weighted by Gasteiger charge is 2.35. The molecular formula is C14H14F3N5O. The predicted octanol–water partition coefficient (Wildman–Crippen LogP) is 1.90. The Kier molecular flexibility index (Phi) is 3.88. The fraction of sp³-hybridized carbons (Fsp3) is 0.429. The Labute approximate surface area is 130 Å². The normalized spacial score (nSPS) is 16.1. The van der Waals surface area contributed by atoms with E-state index >= 15 is 0 Å². The molecule has 3 rings (SSSR count). The maximum atomic E-state index is 12.6. The van der Waals surface area contributed by atoms with Crippen molar-refractivity contribution in [1.82, 2.24) is 19.9 Å². The third-order valence-corrected chi connectivity index (χ3v) is 3.54. The number of halogens is 3. The molecule has 0 aliphatic carbocycles. The molecule has 0 unspecified atom stereocenters. The molecule has 0 aromatic carbocycles. The van der Waals surface area contributed by atoms with Gasteiger partial charge in [0.2, 0.25) is 5.82 Å². The van der Waals surface area contributed by atoms with Crippen LogP contribution in [-0.4, -0.2) is 31.6 Å². The summed E-state index contributed by atoms with van der Waals surface area (Å²) in [7, 11) is 0. The fourth-order valence-corrected chi connectivity index (χ4v) is 2.39. The van der Waals surface area contributed by atoms with E-state index in [1.54, 1.807) is 19.2 Å². The maximum Gasteiger partial charge on any atom is 0.451 e. The molecule has 122 valence electrons. The van der Waals surface area contributed by atoms with Crippen LogP contribution in [0.15, 0.2) is 18.5 Å². The van der Waals surface area contributed by atoms with Crippen LogP contribution in [0.1, 0.15) is 35.9 Å². The summed E-state index contributed by atoms with van der Waals surface area (Å²) in [6, 6.07) is 1.70. The summed E-state index contributed by atoms with van der Waals surface area (Å²) in [5.74, 6) is -0.193. The fourth-order valence-electron chi connectivity index (χ4n) is 2.39. The molecule has 0 amide bonds. The number of aromatic nitrogens is 4. The van der Waals surface area contributed by atoms with Crippen molar-refractivity contribution in [2.75, 3.05) is 11.4 Å². The van der Waals surface area contributed by atoms with Gasteiger partial charge in [0.1, 0.15) is 11.9 Å². The number of rotatable bonds is 2. The Hall–Kier alpha value is -2.29. The minimum atomic E-state index is -4.54. The Balaban J connectivity index is 1.85. The molecular weight excluding hydrogens is 311 g/mol. The highest BCUT2D eigenvalue weighted by molar-refractivity contribution is 5.42. The number of aliphatic hydroxyl groups is 1. The first-order valence-electron chi connectivity index (χ1n) is 7.02. The largest absolute Gasteiger partial charge is 0.451 e. The van der Waals surface area contributed by atoms with E-state index in [2.05, 4.69) is 19.9 Å². The number of hydrogen-bond donors (Lipinski definition) is 1. The topological polar surface area (TPSA) is 75.0 Å². The summed E-state index contributed by atoms with van der Waals surface area (Å²) >= 11 is 0. The van der Waals surface area contributed by atoms with E-state index < -0.39 is 18.1 Å². The zero-order chi connectivity index (χ0) is 16.6. The van der Waals surface area contributed by atoms with Crippen LogP contribution >= 0.6 is 0 Å². The van der Waals surface area contributed by atoms with E-state index in [0.29, 0.717) is 42.4 Å². The summed E-state index contributed by atoms with van der Waals surface area (Å²) < 4.78 is 37.9. The Bertz CT molecular complexity index is 720. The van der Waals surface area contributed by atoms with Crippen LogP contribution in [0.4, 0.5) is 19.0 Å². The number of nitrogens with zero attached hydrogens (tertiary/aromatic N) is 5. The van der Waals surface area contributed by atoms with Crippen LogP contribution in [0.3, 0.4) is 0 Å². The Morgan fingerprint density at radius 3 is 2.74 bits per heavy atom. The monoisotopic (exact) mass is 325 g/mol. The van der Waals surface area contributed by atoms with Crippen molar-refractivity contribution < 1.29 is 18.3 Å². The first-order valence-corrected chi connectivity index (χ1v) is 7.02. The van der Waals surface area contributed by atoms with E-state index in [-0.39, 0.29) is 0 Å². The van der Waals surface area contributed by atoms with Crippen LogP contribution < -0.4 is 4.90 Å². The average Bonchev–Trinajstić information content (AvgIpc) is 2.53. The first kappa shape index (κ1) is 15.6. The van der Waals surface area contributed by atoms with Gasteiger partial charge in [0.05, 0.1) is 5.69 Å². The van der Waals surface area contributed by atoms with Gasteiger partial charge in [-0.05, 0) is 13.0 Å². The molecule has 0 saturated carbocycles. The predicted molar refractivity (Wildman–Crippen MR) is 74.5 cm³/mol. The van der Waals surface area contributed by atoms with E-state index in [0.717, 1.165) is 0 Å². The number of anilines is 1. The van der Waals surface area contributed by atoms with Gasteiger partial charge in [0.15, 0.2) is 5.82 Å². The van der Waals surface area contributed by atoms with Crippen LogP contribution in [-0.2, 0) is 19.1 Å². The van der Waals surface area contributed by atoms with Gasteiger partial charge in [-0.1, -0.05) is 0 Å². The first-order chi connectivity index (χ1) is 10.8. The minimum absolute atomic E-state index is 0.303. The summed E-state index contributed by atoms with van der Waals surface area (Å²) in [4.78, 5) is 17.2. The van der Waals surface area contributed by atoms with Gasteiger partial charge in [-0.15, -0.1) is 0 Å². The zero-order valence-electron chi connectivity index (χ0n) is 12.2. The summed E-state index contributed by atoms with van der Waals surface area (Å²) in [5.41, 5.74) is 1.05. The molecule has 23 heavy (non-hydrogen) atoms. The van der Waals surface area contributed by atoms with Crippen molar-refractivity contribution in [2.45, 2.75) is 32.2 Å². The molecule has 0 fully saturated rings. The van der Waals surface area contributed by atoms with Crippen molar-refractivity contribution in [3.63, 3.8) is 0 Å². The second-order valence-electron chi connectivity index (χ2n) is 5.28. The lowest BCUT2D eigenvalue weighted by atomic mass is 10.1. The highest BCUT2D eigenvalue weighted by Crippen LogP contribution is 2.28. The molecule has 0 bridgehead atoms. The quantitative estimate of drug-likeness (QED) is 0.909. The smallest absolute Gasteiger partial charge is 0.385 e. The summed E-state index contributed by atoms with van der Waals surface area (Å²) in [5, 5.41) is 9.54. The van der Waals surface area contributed by atoms with Gasteiger partial charge in [-0.3, -0.25) is 0 Å². The molecule has 2 aromatic heterocycles. The number of alkyl halides is 3. The van der Waals surface area contributed by atoms with Crippen molar-refractivity contribution in [2.24, 2.45) is 0 Å². The Morgan fingerprint density at radius 1 is 1.26 bits per heavy atom. The molecule has 1 atom stereocenters. The highest BCUT2D eigenvalue weighted by atomic mass is 19.4. The van der Waals surface area contributed by atoms with Crippen LogP contribution in [0.2, 0.25) is 0 Å². The Morgan fingerprint density at radius 2 is 2.04 bits per heavy atom. The van der Waals surface area contributed by atoms with Crippen LogP contribution in [0, 0.1) is 0 Å². The summed E-state index contributed by atoms with van der Waals surface area (Å²) in [6.07, 6.45) is -2.19. The maximum absolute atomic E-state index is 12.6. The van der Waals surface area contributed by atoms with Gasteiger partial charge in [0.25, 0.3) is 0 Å². The van der Waals surface area contributed by atoms with Gasteiger partial charge in [0, 0.05) is 37.5 Å². The van der Waals surface area contributed by atoms with E-state index in [9.17, 15) is 18.3 Å². The molecule has 1 aliphatic rings. The van der Waals surface area contributed by atoms with Crippen molar-refractivity contribution in [3.8, 4) is 0 Å². The second kappa shape index (κ2) is 5.73. The van der Waals surface area contributed by atoms with Gasteiger partial charge in [-0.25, -0.2) is 19.9 Å². The SMILES string of the molecule is C[C@@H](O)c1nccc(N2CCc3nc(C(F)(F)F)ncc3C2)n1. The average molecular weight is 325 g/mol. The van der Waals surface area contributed by atoms with Crippen molar-refractivity contribution in [3.05, 3.63) is 41.4 Å².